The average Bonchev–Trinajstić information content (AvgIpc) is 4.34. The first-order valence-corrected chi connectivity index (χ1v) is 27.4. The van der Waals surface area contributed by atoms with E-state index in [0.29, 0.717) is 0 Å². The average molecular weight is 998 g/mol. The first-order valence-electron chi connectivity index (χ1n) is 27.4. The van der Waals surface area contributed by atoms with Gasteiger partial charge in [0.15, 0.2) is 0 Å². The number of rotatable bonds is 9. The summed E-state index contributed by atoms with van der Waals surface area (Å²) in [5, 5.41) is 4.89. The van der Waals surface area contributed by atoms with Gasteiger partial charge in [-0.3, -0.25) is 0 Å². The second-order valence-electron chi connectivity index (χ2n) is 21.6. The van der Waals surface area contributed by atoms with E-state index in [0.717, 1.165) is 52.2 Å². The molecule has 3 heteroatoms. The summed E-state index contributed by atoms with van der Waals surface area (Å²) in [6.07, 6.45) is 9.13. The molecule has 2 heterocycles. The first-order chi connectivity index (χ1) is 38.4. The number of hydrogen-bond acceptors (Lipinski definition) is 1. The Morgan fingerprint density at radius 2 is 0.910 bits per heavy atom. The summed E-state index contributed by atoms with van der Waals surface area (Å²) in [7, 11) is 0. The third kappa shape index (κ3) is 7.49. The summed E-state index contributed by atoms with van der Waals surface area (Å²) in [5.41, 5.74) is 26.3. The van der Waals surface area contributed by atoms with Gasteiger partial charge in [0.2, 0.25) is 0 Å². The SMILES string of the molecule is CC1(C)c2ccccc2-c2ccc(N(c3ccc(-c4ccccc4)cc3)c3ccc(-c4cc(C5=CCCC=C5)cc5c4[nH]c4c(-c6ccc7c(c6)c6ccccc6n7-c6ccccc6)cc(-c6ccccc6)cc45)cc3)cc21. The number of fused-ring (bicyclic) bond motifs is 9. The summed E-state index contributed by atoms with van der Waals surface area (Å²) >= 11 is 0. The van der Waals surface area contributed by atoms with Crippen LogP contribution in [0.15, 0.2) is 267 Å². The van der Waals surface area contributed by atoms with E-state index in [1.165, 1.54) is 105 Å². The molecule has 11 aromatic carbocycles. The second-order valence-corrected chi connectivity index (χ2v) is 21.6. The molecule has 3 nitrogen and oxygen atoms in total. The molecule has 2 aromatic heterocycles. The van der Waals surface area contributed by atoms with Gasteiger partial charge in [-0.05, 0) is 171 Å². The zero-order chi connectivity index (χ0) is 51.9. The molecule has 0 aliphatic heterocycles. The van der Waals surface area contributed by atoms with Crippen molar-refractivity contribution in [2.75, 3.05) is 4.90 Å². The van der Waals surface area contributed by atoms with E-state index in [9.17, 15) is 0 Å². The molecule has 0 spiro atoms. The van der Waals surface area contributed by atoms with Crippen LogP contribution in [0.2, 0.25) is 0 Å². The molecule has 0 radical (unpaired) electrons. The molecular weight excluding hydrogens is 943 g/mol. The van der Waals surface area contributed by atoms with Gasteiger partial charge in [-0.1, -0.05) is 190 Å². The Labute approximate surface area is 455 Å². The Morgan fingerprint density at radius 1 is 0.372 bits per heavy atom. The molecule has 0 saturated heterocycles. The van der Waals surface area contributed by atoms with Crippen LogP contribution in [0, 0.1) is 0 Å². The van der Waals surface area contributed by atoms with E-state index in [1.807, 2.05) is 0 Å². The van der Waals surface area contributed by atoms with Gasteiger partial charge in [0.25, 0.3) is 0 Å². The van der Waals surface area contributed by atoms with Gasteiger partial charge < -0.3 is 14.5 Å². The third-order valence-corrected chi connectivity index (χ3v) is 16.7. The molecule has 78 heavy (non-hydrogen) atoms. The van der Waals surface area contributed by atoms with Gasteiger partial charge in [-0.15, -0.1) is 0 Å². The number of allylic oxidation sites excluding steroid dienone is 4. The van der Waals surface area contributed by atoms with Crippen molar-refractivity contribution in [2.24, 2.45) is 0 Å². The van der Waals surface area contributed by atoms with Crippen molar-refractivity contribution in [3.8, 4) is 61.3 Å². The Hall–Kier alpha value is -9.70. The molecule has 2 aliphatic rings. The van der Waals surface area contributed by atoms with Gasteiger partial charge in [-0.2, -0.15) is 0 Å². The lowest BCUT2D eigenvalue weighted by atomic mass is 9.82. The standard InChI is InChI=1S/C75H55N3/c1-75(2)69-29-17-15-27-61(69)62-41-40-60(48-70(62)75)77(58-36-31-52(32-37-58)49-19-7-3-8-20-49)59-38-33-53(34-39-59)64-44-55(50-21-9-4-10-22-50)46-67-68-47-56(51-23-11-5-12-24-51)45-65(74(68)76-73(64)67)54-35-42-72-66(43-54)63-28-16-18-30-71(63)78(72)57-25-13-6-14-26-57/h3,5-9,11-48,76H,4,10H2,1-2H3. The fourth-order valence-electron chi connectivity index (χ4n) is 12.8. The van der Waals surface area contributed by atoms with Crippen LogP contribution in [0.5, 0.6) is 0 Å². The van der Waals surface area contributed by atoms with Crippen LogP contribution in [0.3, 0.4) is 0 Å². The Kier molecular flexibility index (Phi) is 10.7. The molecule has 1 N–H and O–H groups in total. The molecule has 0 fully saturated rings. The summed E-state index contributed by atoms with van der Waals surface area (Å²) in [4.78, 5) is 6.56. The molecule has 370 valence electrons. The van der Waals surface area contributed by atoms with E-state index in [2.05, 4.69) is 295 Å². The topological polar surface area (TPSA) is 24.0 Å². The second kappa shape index (κ2) is 18.3. The van der Waals surface area contributed by atoms with Crippen molar-refractivity contribution < 1.29 is 0 Å². The lowest BCUT2D eigenvalue weighted by molar-refractivity contribution is 0.660. The maximum atomic E-state index is 4.13. The van der Waals surface area contributed by atoms with Crippen LogP contribution in [0.4, 0.5) is 17.1 Å². The normalized spacial score (nSPS) is 13.5. The van der Waals surface area contributed by atoms with E-state index < -0.39 is 0 Å². The maximum Gasteiger partial charge on any atom is 0.0545 e. The fraction of sp³-hybridized carbons (Fsp3) is 0.0667. The first kappa shape index (κ1) is 45.7. The zero-order valence-electron chi connectivity index (χ0n) is 43.7. The van der Waals surface area contributed by atoms with Gasteiger partial charge in [0.1, 0.15) is 0 Å². The number of nitrogens with one attached hydrogen (secondary N) is 1. The number of para-hydroxylation sites is 2. The predicted octanol–water partition coefficient (Wildman–Crippen LogP) is 20.6. The highest BCUT2D eigenvalue weighted by atomic mass is 15.1. The molecule has 0 atom stereocenters. The Bertz CT molecular complexity index is 4530. The van der Waals surface area contributed by atoms with Crippen molar-refractivity contribution >= 4 is 66.2 Å². The summed E-state index contributed by atoms with van der Waals surface area (Å²) < 4.78 is 2.40. The highest BCUT2D eigenvalue weighted by Crippen LogP contribution is 2.51. The number of nitrogens with zero attached hydrogens (tertiary/aromatic N) is 2. The Morgan fingerprint density at radius 3 is 1.63 bits per heavy atom. The fourth-order valence-corrected chi connectivity index (χ4v) is 12.8. The monoisotopic (exact) mass is 997 g/mol. The molecule has 0 unspecified atom stereocenters. The quantitative estimate of drug-likeness (QED) is 0.153. The van der Waals surface area contributed by atoms with E-state index in [4.69, 9.17) is 0 Å². The van der Waals surface area contributed by atoms with Crippen molar-refractivity contribution in [1.29, 1.82) is 0 Å². The highest BCUT2D eigenvalue weighted by molar-refractivity contribution is 6.18. The van der Waals surface area contributed by atoms with Gasteiger partial charge in [0.05, 0.1) is 22.1 Å². The lowest BCUT2D eigenvalue weighted by Gasteiger charge is -2.28. The van der Waals surface area contributed by atoms with Gasteiger partial charge in [-0.25, -0.2) is 0 Å². The molecule has 0 bridgehead atoms. The molecule has 0 amide bonds. The van der Waals surface area contributed by atoms with Crippen LogP contribution >= 0.6 is 0 Å². The Balaban J connectivity index is 0.912. The minimum atomic E-state index is -0.134. The number of hydrogen-bond donors (Lipinski definition) is 1. The van der Waals surface area contributed by atoms with Crippen molar-refractivity contribution in [1.82, 2.24) is 9.55 Å². The van der Waals surface area contributed by atoms with Crippen LogP contribution in [-0.4, -0.2) is 9.55 Å². The third-order valence-electron chi connectivity index (χ3n) is 16.7. The van der Waals surface area contributed by atoms with E-state index in [-0.39, 0.29) is 5.41 Å². The molecule has 0 saturated carbocycles. The van der Waals surface area contributed by atoms with E-state index >= 15 is 0 Å². The molecule has 2 aliphatic carbocycles. The van der Waals surface area contributed by atoms with Gasteiger partial charge >= 0.3 is 0 Å². The van der Waals surface area contributed by atoms with Crippen molar-refractivity contribution in [3.05, 3.63) is 284 Å². The van der Waals surface area contributed by atoms with Crippen molar-refractivity contribution in [3.63, 3.8) is 0 Å². The summed E-state index contributed by atoms with van der Waals surface area (Å²) in [6, 6.07) is 92.1. The minimum Gasteiger partial charge on any atom is -0.353 e. The largest absolute Gasteiger partial charge is 0.353 e. The summed E-state index contributed by atoms with van der Waals surface area (Å²) in [5.74, 6) is 0. The number of aromatic amines is 1. The number of benzene rings is 11. The number of anilines is 3. The minimum absolute atomic E-state index is 0.134. The van der Waals surface area contributed by atoms with Crippen LogP contribution in [0.1, 0.15) is 43.4 Å². The van der Waals surface area contributed by atoms with Crippen LogP contribution < -0.4 is 4.90 Å². The zero-order valence-corrected chi connectivity index (χ0v) is 43.7. The maximum absolute atomic E-state index is 4.13. The van der Waals surface area contributed by atoms with E-state index in [1.54, 1.807) is 0 Å². The van der Waals surface area contributed by atoms with Gasteiger partial charge in [0, 0.05) is 60.8 Å². The number of aromatic nitrogens is 2. The molecule has 15 rings (SSSR count). The highest BCUT2D eigenvalue weighted by Gasteiger charge is 2.36. The summed E-state index contributed by atoms with van der Waals surface area (Å²) in [6.45, 7) is 4.73. The van der Waals surface area contributed by atoms with Crippen molar-refractivity contribution in [2.45, 2.75) is 32.1 Å². The lowest BCUT2D eigenvalue weighted by Crippen LogP contribution is -2.16. The smallest absolute Gasteiger partial charge is 0.0545 e. The van der Waals surface area contributed by atoms with Crippen LogP contribution in [-0.2, 0) is 5.41 Å². The molecular formula is C75H55N3. The predicted molar refractivity (Wildman–Crippen MR) is 330 cm³/mol. The molecule has 13 aromatic rings. The van der Waals surface area contributed by atoms with Crippen LogP contribution in [0.25, 0.3) is 111 Å². The number of H-pyrrole nitrogens is 1.